The molecule has 0 aromatic heterocycles. The molecule has 1 aromatic carbocycles. The maximum absolute atomic E-state index is 9.09. The summed E-state index contributed by atoms with van der Waals surface area (Å²) in [6.07, 6.45) is 2.40. The van der Waals surface area contributed by atoms with Crippen LogP contribution in [-0.2, 0) is 0 Å². The third-order valence-electron chi connectivity index (χ3n) is 2.64. The molecule has 0 heterocycles. The Morgan fingerprint density at radius 2 is 2.27 bits per heavy atom. The molecule has 78 valence electrons. The van der Waals surface area contributed by atoms with E-state index in [2.05, 4.69) is 27.3 Å². The summed E-state index contributed by atoms with van der Waals surface area (Å²) in [5.74, 6) is 0. The number of nitrogens with zero attached hydrogens (tertiary/aromatic N) is 1. The van der Waals surface area contributed by atoms with Crippen LogP contribution in [0.1, 0.15) is 30.0 Å². The molecule has 2 nitrogen and oxygen atoms in total. The Kier molecular flexibility index (Phi) is 3.08. The molecule has 2 rings (SSSR count). The number of aryl methyl sites for hydroxylation is 1. The summed E-state index contributed by atoms with van der Waals surface area (Å²) < 4.78 is 1.07. The van der Waals surface area contributed by atoms with Crippen LogP contribution in [0, 0.1) is 18.3 Å². The fourth-order valence-electron chi connectivity index (χ4n) is 1.48. The minimum absolute atomic E-state index is 0.172. The molecule has 1 atom stereocenters. The van der Waals surface area contributed by atoms with Crippen LogP contribution < -0.4 is 5.32 Å². The highest BCUT2D eigenvalue weighted by atomic mass is 79.9. The average molecular weight is 265 g/mol. The summed E-state index contributed by atoms with van der Waals surface area (Å²) in [6, 6.07) is 8.77. The standard InChI is InChI=1S/C12H13BrN2/c1-8-2-3-9(6-11(8)13)12(7-14)15-10-4-5-10/h2-3,6,10,12,15H,4-5H2,1H3. The lowest BCUT2D eigenvalue weighted by atomic mass is 10.1. The second-order valence-corrected chi connectivity index (χ2v) is 4.87. The van der Waals surface area contributed by atoms with Crippen LogP contribution in [0.5, 0.6) is 0 Å². The summed E-state index contributed by atoms with van der Waals surface area (Å²) in [6.45, 7) is 2.05. The SMILES string of the molecule is Cc1ccc(C(C#N)NC2CC2)cc1Br. The van der Waals surface area contributed by atoms with Crippen molar-refractivity contribution in [2.24, 2.45) is 0 Å². The number of nitrogens with one attached hydrogen (secondary N) is 1. The largest absolute Gasteiger partial charge is 0.295 e. The van der Waals surface area contributed by atoms with Gasteiger partial charge in [0.25, 0.3) is 0 Å². The van der Waals surface area contributed by atoms with Crippen molar-refractivity contribution in [2.75, 3.05) is 0 Å². The monoisotopic (exact) mass is 264 g/mol. The van der Waals surface area contributed by atoms with E-state index >= 15 is 0 Å². The minimum atomic E-state index is -0.172. The van der Waals surface area contributed by atoms with Gasteiger partial charge in [-0.3, -0.25) is 5.32 Å². The number of benzene rings is 1. The zero-order chi connectivity index (χ0) is 10.8. The van der Waals surface area contributed by atoms with Gasteiger partial charge in [0.05, 0.1) is 6.07 Å². The first-order chi connectivity index (χ1) is 7.20. The van der Waals surface area contributed by atoms with Crippen molar-refractivity contribution in [3.8, 4) is 6.07 Å². The van der Waals surface area contributed by atoms with Gasteiger partial charge in [0, 0.05) is 10.5 Å². The van der Waals surface area contributed by atoms with Crippen LogP contribution in [0.25, 0.3) is 0 Å². The van der Waals surface area contributed by atoms with Gasteiger partial charge in [-0.15, -0.1) is 0 Å². The molecule has 1 aliphatic rings. The number of hydrogen-bond donors (Lipinski definition) is 1. The van der Waals surface area contributed by atoms with Crippen LogP contribution in [0.15, 0.2) is 22.7 Å². The van der Waals surface area contributed by atoms with Crippen LogP contribution >= 0.6 is 15.9 Å². The topological polar surface area (TPSA) is 35.8 Å². The van der Waals surface area contributed by atoms with Crippen molar-refractivity contribution in [1.29, 1.82) is 5.26 Å². The Morgan fingerprint density at radius 3 is 2.80 bits per heavy atom. The van der Waals surface area contributed by atoms with Gasteiger partial charge >= 0.3 is 0 Å². The lowest BCUT2D eigenvalue weighted by molar-refractivity contribution is 0.625. The summed E-state index contributed by atoms with van der Waals surface area (Å²) >= 11 is 3.49. The maximum Gasteiger partial charge on any atom is 0.121 e. The van der Waals surface area contributed by atoms with Crippen LogP contribution in [0.4, 0.5) is 0 Å². The number of nitriles is 1. The van der Waals surface area contributed by atoms with Crippen molar-refractivity contribution >= 4 is 15.9 Å². The molecule has 1 saturated carbocycles. The molecule has 1 aromatic rings. The van der Waals surface area contributed by atoms with E-state index in [9.17, 15) is 0 Å². The van der Waals surface area contributed by atoms with E-state index in [4.69, 9.17) is 5.26 Å². The normalized spacial score (nSPS) is 17.1. The van der Waals surface area contributed by atoms with Crippen LogP contribution in [0.3, 0.4) is 0 Å². The zero-order valence-electron chi connectivity index (χ0n) is 8.63. The molecule has 0 bridgehead atoms. The van der Waals surface area contributed by atoms with Crippen molar-refractivity contribution < 1.29 is 0 Å². The number of halogens is 1. The first-order valence-corrected chi connectivity index (χ1v) is 5.91. The van der Waals surface area contributed by atoms with Gasteiger partial charge in [-0.25, -0.2) is 0 Å². The smallest absolute Gasteiger partial charge is 0.121 e. The van der Waals surface area contributed by atoms with E-state index in [1.165, 1.54) is 18.4 Å². The molecule has 0 aliphatic heterocycles. The second kappa shape index (κ2) is 4.34. The molecule has 0 spiro atoms. The van der Waals surface area contributed by atoms with E-state index in [1.54, 1.807) is 0 Å². The van der Waals surface area contributed by atoms with Crippen molar-refractivity contribution in [2.45, 2.75) is 31.8 Å². The predicted molar refractivity (Wildman–Crippen MR) is 63.4 cm³/mol. The lowest BCUT2D eigenvalue weighted by Gasteiger charge is -2.12. The Hall–Kier alpha value is -0.850. The number of rotatable bonds is 3. The van der Waals surface area contributed by atoms with Gasteiger partial charge < -0.3 is 0 Å². The highest BCUT2D eigenvalue weighted by Crippen LogP contribution is 2.26. The summed E-state index contributed by atoms with van der Waals surface area (Å²) in [5, 5.41) is 12.4. The zero-order valence-corrected chi connectivity index (χ0v) is 10.2. The van der Waals surface area contributed by atoms with Crippen molar-refractivity contribution in [3.05, 3.63) is 33.8 Å². The quantitative estimate of drug-likeness (QED) is 0.911. The summed E-state index contributed by atoms with van der Waals surface area (Å²) in [4.78, 5) is 0. The second-order valence-electron chi connectivity index (χ2n) is 4.01. The lowest BCUT2D eigenvalue weighted by Crippen LogP contribution is -2.21. The van der Waals surface area contributed by atoms with Gasteiger partial charge in [-0.2, -0.15) is 5.26 Å². The fourth-order valence-corrected chi connectivity index (χ4v) is 1.88. The van der Waals surface area contributed by atoms with E-state index in [0.29, 0.717) is 6.04 Å². The first-order valence-electron chi connectivity index (χ1n) is 5.12. The molecule has 0 amide bonds. The van der Waals surface area contributed by atoms with E-state index in [1.807, 2.05) is 25.1 Å². The Balaban J connectivity index is 2.18. The van der Waals surface area contributed by atoms with Crippen molar-refractivity contribution in [1.82, 2.24) is 5.32 Å². The van der Waals surface area contributed by atoms with Gasteiger partial charge in [-0.05, 0) is 37.0 Å². The molecular formula is C12H13BrN2. The Morgan fingerprint density at radius 1 is 1.53 bits per heavy atom. The first kappa shape index (κ1) is 10.7. The minimum Gasteiger partial charge on any atom is -0.295 e. The molecular weight excluding hydrogens is 252 g/mol. The summed E-state index contributed by atoms with van der Waals surface area (Å²) in [7, 11) is 0. The molecule has 1 fully saturated rings. The van der Waals surface area contributed by atoms with Gasteiger partial charge in [-0.1, -0.05) is 28.1 Å². The van der Waals surface area contributed by atoms with E-state index in [0.717, 1.165) is 10.0 Å². The van der Waals surface area contributed by atoms with E-state index < -0.39 is 0 Å². The third kappa shape index (κ3) is 2.58. The molecule has 1 N–H and O–H groups in total. The fraction of sp³-hybridized carbons (Fsp3) is 0.417. The summed E-state index contributed by atoms with van der Waals surface area (Å²) in [5.41, 5.74) is 2.24. The van der Waals surface area contributed by atoms with E-state index in [-0.39, 0.29) is 6.04 Å². The van der Waals surface area contributed by atoms with Crippen LogP contribution in [0.2, 0.25) is 0 Å². The molecule has 3 heteroatoms. The molecule has 1 aliphatic carbocycles. The van der Waals surface area contributed by atoms with Gasteiger partial charge in [0.1, 0.15) is 6.04 Å². The highest BCUT2D eigenvalue weighted by Gasteiger charge is 2.25. The molecule has 0 radical (unpaired) electrons. The van der Waals surface area contributed by atoms with Gasteiger partial charge in [0.15, 0.2) is 0 Å². The molecule has 15 heavy (non-hydrogen) atoms. The number of hydrogen-bond acceptors (Lipinski definition) is 2. The Labute approximate surface area is 98.4 Å². The van der Waals surface area contributed by atoms with Crippen molar-refractivity contribution in [3.63, 3.8) is 0 Å². The highest BCUT2D eigenvalue weighted by molar-refractivity contribution is 9.10. The average Bonchev–Trinajstić information content (AvgIpc) is 3.02. The van der Waals surface area contributed by atoms with Crippen LogP contribution in [-0.4, -0.2) is 6.04 Å². The van der Waals surface area contributed by atoms with Gasteiger partial charge in [0.2, 0.25) is 0 Å². The molecule has 0 saturated heterocycles. The maximum atomic E-state index is 9.09. The Bertz CT molecular complexity index is 405. The predicted octanol–water partition coefficient (Wildman–Crippen LogP) is 3.07. The molecule has 1 unspecified atom stereocenters. The third-order valence-corrected chi connectivity index (χ3v) is 3.49.